The molecule has 2 N–H and O–H groups in total. The van der Waals surface area contributed by atoms with Gasteiger partial charge in [0.1, 0.15) is 11.4 Å². The zero-order valence-electron chi connectivity index (χ0n) is 8.83. The summed E-state index contributed by atoms with van der Waals surface area (Å²) in [5, 5.41) is 0.431. The highest BCUT2D eigenvalue weighted by molar-refractivity contribution is 6.35. The van der Waals surface area contributed by atoms with E-state index in [0.717, 1.165) is 6.07 Å². The van der Waals surface area contributed by atoms with Crippen LogP contribution in [-0.4, -0.2) is 18.1 Å². The van der Waals surface area contributed by atoms with Crippen LogP contribution in [0.5, 0.6) is 0 Å². The van der Waals surface area contributed by atoms with Gasteiger partial charge in [0.15, 0.2) is 0 Å². The number of rotatable bonds is 1. The van der Waals surface area contributed by atoms with Crippen molar-refractivity contribution in [1.82, 2.24) is 4.98 Å². The Morgan fingerprint density at radius 3 is 2.88 bits per heavy atom. The Morgan fingerprint density at radius 2 is 2.24 bits per heavy atom. The number of pyridine rings is 1. The van der Waals surface area contributed by atoms with E-state index in [0.29, 0.717) is 5.52 Å². The van der Waals surface area contributed by atoms with Crippen molar-refractivity contribution in [2.24, 2.45) is 0 Å². The first-order valence-electron chi connectivity index (χ1n) is 4.66. The van der Waals surface area contributed by atoms with Crippen molar-refractivity contribution < 1.29 is 13.9 Å². The number of esters is 1. The van der Waals surface area contributed by atoms with Gasteiger partial charge in [-0.05, 0) is 12.1 Å². The summed E-state index contributed by atoms with van der Waals surface area (Å²) >= 11 is 5.83. The van der Waals surface area contributed by atoms with Gasteiger partial charge < -0.3 is 10.5 Å². The van der Waals surface area contributed by atoms with Crippen molar-refractivity contribution in [3.8, 4) is 0 Å². The van der Waals surface area contributed by atoms with Gasteiger partial charge in [-0.15, -0.1) is 0 Å². The third kappa shape index (κ3) is 1.89. The number of halogens is 2. The van der Waals surface area contributed by atoms with Gasteiger partial charge in [0.05, 0.1) is 23.3 Å². The topological polar surface area (TPSA) is 65.2 Å². The first-order chi connectivity index (χ1) is 8.04. The Bertz CT molecular complexity index is 616. The van der Waals surface area contributed by atoms with Crippen molar-refractivity contribution in [2.75, 3.05) is 12.8 Å². The molecule has 0 aliphatic heterocycles. The number of carbonyl (C=O) groups is 1. The molecular weight excluding hydrogens is 247 g/mol. The van der Waals surface area contributed by atoms with Crippen LogP contribution in [0.1, 0.15) is 10.4 Å². The number of fused-ring (bicyclic) bond motifs is 1. The third-order valence-corrected chi connectivity index (χ3v) is 2.62. The standard InChI is InChI=1S/C11H8ClFN2O2/c1-17-11(16)7-4-15-10-6(9(7)14)2-5(13)3-8(10)12/h2-4H,1H3,(H2,14,15). The molecular formula is C11H8ClFN2O2. The number of hydrogen-bond acceptors (Lipinski definition) is 4. The van der Waals surface area contributed by atoms with Gasteiger partial charge in [0.2, 0.25) is 0 Å². The number of aromatic nitrogens is 1. The maximum atomic E-state index is 13.2. The molecule has 88 valence electrons. The molecule has 0 atom stereocenters. The molecule has 1 aromatic heterocycles. The number of nitrogens with two attached hydrogens (primary N) is 1. The molecule has 0 aliphatic rings. The second kappa shape index (κ2) is 4.18. The second-order valence-electron chi connectivity index (χ2n) is 3.36. The monoisotopic (exact) mass is 254 g/mol. The van der Waals surface area contributed by atoms with E-state index in [1.807, 2.05) is 0 Å². The lowest BCUT2D eigenvalue weighted by molar-refractivity contribution is 0.0601. The van der Waals surface area contributed by atoms with Crippen molar-refractivity contribution in [3.63, 3.8) is 0 Å². The summed E-state index contributed by atoms with van der Waals surface area (Å²) in [6.45, 7) is 0. The van der Waals surface area contributed by atoms with E-state index in [2.05, 4.69) is 9.72 Å². The number of nitrogen functional groups attached to an aromatic ring is 1. The van der Waals surface area contributed by atoms with Crippen LogP contribution in [0.2, 0.25) is 5.02 Å². The number of anilines is 1. The summed E-state index contributed by atoms with van der Waals surface area (Å²) in [4.78, 5) is 15.4. The number of ether oxygens (including phenoxy) is 1. The fraction of sp³-hybridized carbons (Fsp3) is 0.0909. The van der Waals surface area contributed by atoms with Gasteiger partial charge in [-0.1, -0.05) is 11.6 Å². The molecule has 17 heavy (non-hydrogen) atoms. The normalized spacial score (nSPS) is 10.5. The summed E-state index contributed by atoms with van der Waals surface area (Å²) in [5.74, 6) is -1.17. The maximum Gasteiger partial charge on any atom is 0.341 e. The zero-order valence-corrected chi connectivity index (χ0v) is 9.58. The lowest BCUT2D eigenvalue weighted by Crippen LogP contribution is -2.07. The zero-order chi connectivity index (χ0) is 12.6. The smallest absolute Gasteiger partial charge is 0.341 e. The molecule has 4 nitrogen and oxygen atoms in total. The van der Waals surface area contributed by atoms with E-state index in [9.17, 15) is 9.18 Å². The van der Waals surface area contributed by atoms with Crippen LogP contribution in [0.25, 0.3) is 10.9 Å². The summed E-state index contributed by atoms with van der Waals surface area (Å²) < 4.78 is 17.7. The van der Waals surface area contributed by atoms with E-state index in [-0.39, 0.29) is 21.7 Å². The first-order valence-corrected chi connectivity index (χ1v) is 5.04. The minimum absolute atomic E-state index is 0.0849. The molecule has 0 aliphatic carbocycles. The number of carbonyl (C=O) groups excluding carboxylic acids is 1. The average molecular weight is 255 g/mol. The fourth-order valence-corrected chi connectivity index (χ4v) is 1.77. The number of methoxy groups -OCH3 is 1. The minimum atomic E-state index is -0.628. The molecule has 6 heteroatoms. The number of hydrogen-bond donors (Lipinski definition) is 1. The summed E-state index contributed by atoms with van der Waals surface area (Å²) in [5.41, 5.74) is 6.30. The lowest BCUT2D eigenvalue weighted by Gasteiger charge is -2.07. The highest BCUT2D eigenvalue weighted by Crippen LogP contribution is 2.29. The summed E-state index contributed by atoms with van der Waals surface area (Å²) in [6.07, 6.45) is 1.26. The van der Waals surface area contributed by atoms with Crippen LogP contribution < -0.4 is 5.73 Å². The summed E-state index contributed by atoms with van der Waals surface area (Å²) in [7, 11) is 1.23. The van der Waals surface area contributed by atoms with Crippen molar-refractivity contribution in [2.45, 2.75) is 0 Å². The molecule has 0 bridgehead atoms. The lowest BCUT2D eigenvalue weighted by atomic mass is 10.1. The Balaban J connectivity index is 2.79. The Kier molecular flexibility index (Phi) is 2.85. The Labute approximate surface area is 101 Å². The van der Waals surface area contributed by atoms with Gasteiger partial charge in [-0.25, -0.2) is 9.18 Å². The van der Waals surface area contributed by atoms with E-state index in [4.69, 9.17) is 17.3 Å². The third-order valence-electron chi connectivity index (χ3n) is 2.34. The van der Waals surface area contributed by atoms with Gasteiger partial charge in [-0.3, -0.25) is 4.98 Å². The Hall–Kier alpha value is -1.88. The first kappa shape index (κ1) is 11.6. The van der Waals surface area contributed by atoms with Crippen molar-refractivity contribution in [3.05, 3.63) is 34.7 Å². The minimum Gasteiger partial charge on any atom is -0.465 e. The molecule has 0 spiro atoms. The van der Waals surface area contributed by atoms with Crippen LogP contribution in [0.3, 0.4) is 0 Å². The SMILES string of the molecule is COC(=O)c1cnc2c(Cl)cc(F)cc2c1N. The van der Waals surface area contributed by atoms with Crippen molar-refractivity contribution in [1.29, 1.82) is 0 Å². The van der Waals surface area contributed by atoms with Crippen LogP contribution in [0.15, 0.2) is 18.3 Å². The molecule has 1 heterocycles. The van der Waals surface area contributed by atoms with Gasteiger partial charge in [-0.2, -0.15) is 0 Å². The van der Waals surface area contributed by atoms with Gasteiger partial charge in [0.25, 0.3) is 0 Å². The molecule has 0 saturated heterocycles. The van der Waals surface area contributed by atoms with Crippen LogP contribution in [0, 0.1) is 5.82 Å². The molecule has 0 saturated carbocycles. The van der Waals surface area contributed by atoms with Crippen LogP contribution in [0.4, 0.5) is 10.1 Å². The molecule has 2 rings (SSSR count). The Morgan fingerprint density at radius 1 is 1.53 bits per heavy atom. The van der Waals surface area contributed by atoms with Crippen LogP contribution >= 0.6 is 11.6 Å². The molecule has 0 fully saturated rings. The predicted molar refractivity (Wildman–Crippen MR) is 62.5 cm³/mol. The molecule has 1 aromatic carbocycles. The van der Waals surface area contributed by atoms with Gasteiger partial charge in [0, 0.05) is 11.6 Å². The van der Waals surface area contributed by atoms with Gasteiger partial charge >= 0.3 is 5.97 Å². The molecule has 2 aromatic rings. The highest BCUT2D eigenvalue weighted by Gasteiger charge is 2.15. The van der Waals surface area contributed by atoms with Crippen molar-refractivity contribution >= 4 is 34.2 Å². The largest absolute Gasteiger partial charge is 0.465 e. The van der Waals surface area contributed by atoms with E-state index < -0.39 is 11.8 Å². The number of nitrogens with zero attached hydrogens (tertiary/aromatic N) is 1. The summed E-state index contributed by atoms with van der Waals surface area (Å²) in [6, 6.07) is 2.31. The second-order valence-corrected chi connectivity index (χ2v) is 3.77. The fourth-order valence-electron chi connectivity index (χ4n) is 1.52. The molecule has 0 radical (unpaired) electrons. The van der Waals surface area contributed by atoms with E-state index >= 15 is 0 Å². The average Bonchev–Trinajstić information content (AvgIpc) is 2.29. The predicted octanol–water partition coefficient (Wildman–Crippen LogP) is 2.40. The quantitative estimate of drug-likeness (QED) is 0.794. The van der Waals surface area contributed by atoms with E-state index in [1.165, 1.54) is 19.4 Å². The van der Waals surface area contributed by atoms with E-state index in [1.54, 1.807) is 0 Å². The molecule has 0 unspecified atom stereocenters. The highest BCUT2D eigenvalue weighted by atomic mass is 35.5. The molecule has 0 amide bonds. The van der Waals surface area contributed by atoms with Crippen LogP contribution in [-0.2, 0) is 4.74 Å². The number of benzene rings is 1. The maximum absolute atomic E-state index is 13.2.